The number of nitrogens with one attached hydrogen (secondary N) is 2. The molecule has 0 aromatic carbocycles. The third-order valence-corrected chi connectivity index (χ3v) is 5.27. The van der Waals surface area contributed by atoms with Gasteiger partial charge in [-0.1, -0.05) is 6.92 Å². The molecule has 0 bridgehead atoms. The lowest BCUT2D eigenvalue weighted by atomic mass is 9.95. The molecule has 1 aliphatic rings. The van der Waals surface area contributed by atoms with E-state index in [4.69, 9.17) is 9.47 Å². The van der Waals surface area contributed by atoms with Gasteiger partial charge in [0.1, 0.15) is 5.00 Å². The fourth-order valence-electron chi connectivity index (χ4n) is 2.83. The summed E-state index contributed by atoms with van der Waals surface area (Å²) in [6.45, 7) is 2.35. The highest BCUT2D eigenvalue weighted by atomic mass is 32.1. The van der Waals surface area contributed by atoms with E-state index in [0.29, 0.717) is 30.1 Å². The van der Waals surface area contributed by atoms with E-state index in [1.807, 2.05) is 6.92 Å². The normalized spacial score (nSPS) is 13.0. The fraction of sp³-hybridized carbons (Fsp3) is 0.611. The summed E-state index contributed by atoms with van der Waals surface area (Å²) >= 11 is 1.44. The highest BCUT2D eigenvalue weighted by Crippen LogP contribution is 2.38. The molecular weight excluding hydrogens is 356 g/mol. The van der Waals surface area contributed by atoms with Crippen LogP contribution in [-0.2, 0) is 31.9 Å². The zero-order chi connectivity index (χ0) is 18.9. The molecule has 1 aromatic heterocycles. The van der Waals surface area contributed by atoms with Crippen LogP contribution >= 0.6 is 11.3 Å². The Hall–Kier alpha value is -1.93. The average molecular weight is 382 g/mol. The second kappa shape index (κ2) is 10.3. The van der Waals surface area contributed by atoms with Crippen LogP contribution in [0, 0.1) is 0 Å². The van der Waals surface area contributed by atoms with Gasteiger partial charge in [-0.3, -0.25) is 14.4 Å². The molecule has 0 spiro atoms. The number of esters is 1. The smallest absolute Gasteiger partial charge is 0.306 e. The average Bonchev–Trinajstić information content (AvgIpc) is 2.98. The summed E-state index contributed by atoms with van der Waals surface area (Å²) in [6.07, 6.45) is 4.82. The summed E-state index contributed by atoms with van der Waals surface area (Å²) in [6, 6.07) is 0. The number of aryl methyl sites for hydroxylation is 1. The largest absolute Gasteiger partial charge is 0.456 e. The van der Waals surface area contributed by atoms with Gasteiger partial charge in [-0.15, -0.1) is 11.3 Å². The van der Waals surface area contributed by atoms with Crippen molar-refractivity contribution < 1.29 is 23.9 Å². The lowest BCUT2D eigenvalue weighted by molar-refractivity contribution is -0.147. The topological polar surface area (TPSA) is 93.7 Å². The minimum absolute atomic E-state index is 0.209. The van der Waals surface area contributed by atoms with Crippen LogP contribution in [0.1, 0.15) is 53.4 Å². The van der Waals surface area contributed by atoms with Gasteiger partial charge in [0, 0.05) is 25.0 Å². The molecule has 0 saturated carbocycles. The number of ether oxygens (including phenoxy) is 2. The van der Waals surface area contributed by atoms with Crippen LogP contribution in [0.15, 0.2) is 0 Å². The van der Waals surface area contributed by atoms with E-state index in [2.05, 4.69) is 10.6 Å². The maximum absolute atomic E-state index is 12.6. The monoisotopic (exact) mass is 382 g/mol. The van der Waals surface area contributed by atoms with Crippen LogP contribution in [0.25, 0.3) is 0 Å². The Bertz CT molecular complexity index is 656. The van der Waals surface area contributed by atoms with E-state index >= 15 is 0 Å². The van der Waals surface area contributed by atoms with Crippen molar-refractivity contribution >= 4 is 34.1 Å². The SMILES string of the molecule is CCCC(=O)OCC(=O)Nc1sc2c(c1C(=O)NCCOC)CCCC2. The van der Waals surface area contributed by atoms with Crippen LogP contribution in [0.5, 0.6) is 0 Å². The lowest BCUT2D eigenvalue weighted by Crippen LogP contribution is -2.29. The molecule has 1 heterocycles. The molecular formula is C18H26N2O5S. The molecule has 7 nitrogen and oxygen atoms in total. The number of carbonyl (C=O) groups excluding carboxylic acids is 3. The molecule has 0 fully saturated rings. The standard InChI is InChI=1S/C18H26N2O5S/c1-3-6-15(22)25-11-14(21)20-18-16(17(23)19-9-10-24-2)12-7-4-5-8-13(12)26-18/h3-11H2,1-2H3,(H,19,23)(H,20,21). The summed E-state index contributed by atoms with van der Waals surface area (Å²) in [5.74, 6) is -1.04. The number of rotatable bonds is 9. The second-order valence-electron chi connectivity index (χ2n) is 6.12. The Morgan fingerprint density at radius 1 is 1.19 bits per heavy atom. The van der Waals surface area contributed by atoms with Crippen molar-refractivity contribution in [3.8, 4) is 0 Å². The quantitative estimate of drug-likeness (QED) is 0.505. The molecule has 0 saturated heterocycles. The van der Waals surface area contributed by atoms with E-state index < -0.39 is 11.9 Å². The summed E-state index contributed by atoms with van der Waals surface area (Å²) in [5, 5.41) is 6.10. The van der Waals surface area contributed by atoms with Gasteiger partial charge in [0.15, 0.2) is 6.61 Å². The molecule has 0 atom stereocenters. The first kappa shape index (κ1) is 20.4. The van der Waals surface area contributed by atoms with Crippen molar-refractivity contribution in [1.82, 2.24) is 5.32 Å². The molecule has 2 N–H and O–H groups in total. The maximum Gasteiger partial charge on any atom is 0.306 e. The predicted octanol–water partition coefficient (Wildman–Crippen LogP) is 2.28. The van der Waals surface area contributed by atoms with Crippen LogP contribution in [-0.4, -0.2) is 44.7 Å². The van der Waals surface area contributed by atoms with Gasteiger partial charge < -0.3 is 20.1 Å². The highest BCUT2D eigenvalue weighted by Gasteiger charge is 2.26. The maximum atomic E-state index is 12.6. The molecule has 0 aliphatic heterocycles. The number of hydrogen-bond acceptors (Lipinski definition) is 6. The number of carbonyl (C=O) groups is 3. The van der Waals surface area contributed by atoms with E-state index in [0.717, 1.165) is 36.1 Å². The first-order valence-electron chi connectivity index (χ1n) is 8.94. The van der Waals surface area contributed by atoms with Crippen LogP contribution in [0.2, 0.25) is 0 Å². The Labute approximate surface area is 157 Å². The Balaban J connectivity index is 2.08. The molecule has 0 radical (unpaired) electrons. The van der Waals surface area contributed by atoms with Crippen LogP contribution in [0.3, 0.4) is 0 Å². The number of anilines is 1. The molecule has 2 rings (SSSR count). The molecule has 8 heteroatoms. The molecule has 0 unspecified atom stereocenters. The van der Waals surface area contributed by atoms with Gasteiger partial charge in [-0.2, -0.15) is 0 Å². The molecule has 26 heavy (non-hydrogen) atoms. The zero-order valence-electron chi connectivity index (χ0n) is 15.3. The van der Waals surface area contributed by atoms with Gasteiger partial charge in [-0.05, 0) is 37.7 Å². The number of methoxy groups -OCH3 is 1. The number of amides is 2. The summed E-state index contributed by atoms with van der Waals surface area (Å²) in [4.78, 5) is 37.3. The predicted molar refractivity (Wildman–Crippen MR) is 99.7 cm³/mol. The summed E-state index contributed by atoms with van der Waals surface area (Å²) < 4.78 is 9.90. The third kappa shape index (κ3) is 5.54. The van der Waals surface area contributed by atoms with Crippen molar-refractivity contribution in [3.05, 3.63) is 16.0 Å². The summed E-state index contributed by atoms with van der Waals surface area (Å²) in [5.41, 5.74) is 1.56. The lowest BCUT2D eigenvalue weighted by Gasteiger charge is -2.13. The third-order valence-electron chi connectivity index (χ3n) is 4.06. The highest BCUT2D eigenvalue weighted by molar-refractivity contribution is 7.17. The van der Waals surface area contributed by atoms with E-state index in [-0.39, 0.29) is 18.9 Å². The van der Waals surface area contributed by atoms with Gasteiger partial charge >= 0.3 is 5.97 Å². The first-order chi connectivity index (χ1) is 12.6. The first-order valence-corrected chi connectivity index (χ1v) is 9.75. The van der Waals surface area contributed by atoms with Crippen molar-refractivity contribution in [2.75, 3.05) is 32.2 Å². The van der Waals surface area contributed by atoms with Gasteiger partial charge in [0.05, 0.1) is 12.2 Å². The van der Waals surface area contributed by atoms with Crippen molar-refractivity contribution in [2.24, 2.45) is 0 Å². The second-order valence-corrected chi connectivity index (χ2v) is 7.23. The van der Waals surface area contributed by atoms with Gasteiger partial charge in [-0.25, -0.2) is 0 Å². The van der Waals surface area contributed by atoms with Crippen molar-refractivity contribution in [2.45, 2.75) is 45.4 Å². The minimum atomic E-state index is -0.431. The van der Waals surface area contributed by atoms with Crippen LogP contribution in [0.4, 0.5) is 5.00 Å². The van der Waals surface area contributed by atoms with Gasteiger partial charge in [0.25, 0.3) is 11.8 Å². The number of fused-ring (bicyclic) bond motifs is 1. The van der Waals surface area contributed by atoms with E-state index in [1.54, 1.807) is 7.11 Å². The van der Waals surface area contributed by atoms with E-state index in [9.17, 15) is 14.4 Å². The number of hydrogen-bond donors (Lipinski definition) is 2. The van der Waals surface area contributed by atoms with Gasteiger partial charge in [0.2, 0.25) is 0 Å². The molecule has 1 aliphatic carbocycles. The minimum Gasteiger partial charge on any atom is -0.456 e. The Kier molecular flexibility index (Phi) is 8.06. The van der Waals surface area contributed by atoms with Crippen LogP contribution < -0.4 is 10.6 Å². The Morgan fingerprint density at radius 2 is 1.96 bits per heavy atom. The van der Waals surface area contributed by atoms with E-state index in [1.165, 1.54) is 11.3 Å². The molecule has 2 amide bonds. The van der Waals surface area contributed by atoms with Crippen molar-refractivity contribution in [1.29, 1.82) is 0 Å². The van der Waals surface area contributed by atoms with Crippen molar-refractivity contribution in [3.63, 3.8) is 0 Å². The number of thiophene rings is 1. The Morgan fingerprint density at radius 3 is 2.69 bits per heavy atom. The fourth-order valence-corrected chi connectivity index (χ4v) is 4.14. The molecule has 1 aromatic rings. The summed E-state index contributed by atoms with van der Waals surface area (Å²) in [7, 11) is 1.57. The molecule has 144 valence electrons. The zero-order valence-corrected chi connectivity index (χ0v) is 16.1.